The molecule has 1 N–H and O–H groups in total. The summed E-state index contributed by atoms with van der Waals surface area (Å²) in [5.41, 5.74) is 1.77. The fraction of sp³-hybridized carbons (Fsp3) is 0.436. The number of hydrogen-bond donors (Lipinski definition) is 1. The second-order valence-electron chi connectivity index (χ2n) is 14.5. The Morgan fingerprint density at radius 2 is 1.92 bits per heavy atom. The van der Waals surface area contributed by atoms with Crippen molar-refractivity contribution in [1.82, 2.24) is 4.72 Å². The second-order valence-corrected chi connectivity index (χ2v) is 17.8. The highest BCUT2D eigenvalue weighted by molar-refractivity contribution is 9.10. The molecule has 2 heterocycles. The standard InChI is InChI=1S/C39H43BrClN3O6S/c1-38(2)37(46)43-51(47,42-36(45)25-8-11-28(40)12-9-25)30-14-17-35-33(21-30)44(22-27-10-15-31(27)34(48-3)7-5-19-50-38)23-39(24-49-35)18-4-6-26-20-29(41)13-16-32(26)39/h5,7-9,11-14,16-17,20-21,27,31,34H,4,6,10,15,18-19,22-24H2,1-3H3,(H,42,43,45,46,47)/b7-5+/t27-,31+,34-,39-,51?/m0/s1. The smallest absolute Gasteiger partial charge is 0.287 e. The highest BCUT2D eigenvalue weighted by atomic mass is 79.9. The molecule has 2 aliphatic heterocycles. The van der Waals surface area contributed by atoms with Gasteiger partial charge in [0.25, 0.3) is 11.8 Å². The van der Waals surface area contributed by atoms with Gasteiger partial charge in [0, 0.05) is 40.7 Å². The number of aryl methyl sites for hydroxylation is 1. The first-order valence-corrected chi connectivity index (χ1v) is 20.1. The number of methoxy groups -OCH3 is 1. The monoisotopic (exact) mass is 795 g/mol. The molecule has 7 rings (SSSR count). The van der Waals surface area contributed by atoms with Crippen LogP contribution in [0.4, 0.5) is 5.69 Å². The molecule has 3 aromatic rings. The lowest BCUT2D eigenvalue weighted by Gasteiger charge is -2.46. The average Bonchev–Trinajstić information content (AvgIpc) is 3.24. The lowest BCUT2D eigenvalue weighted by Crippen LogP contribution is -2.49. The van der Waals surface area contributed by atoms with Crippen molar-refractivity contribution < 1.29 is 28.0 Å². The first-order chi connectivity index (χ1) is 24.4. The van der Waals surface area contributed by atoms with Crippen LogP contribution < -0.4 is 14.4 Å². The molecular weight excluding hydrogens is 754 g/mol. The molecule has 2 aliphatic carbocycles. The molecule has 270 valence electrons. The quantitative estimate of drug-likeness (QED) is 0.271. The first-order valence-electron chi connectivity index (χ1n) is 17.4. The van der Waals surface area contributed by atoms with Crippen molar-refractivity contribution in [2.75, 3.05) is 38.3 Å². The van der Waals surface area contributed by atoms with Crippen molar-refractivity contribution >= 4 is 54.9 Å². The highest BCUT2D eigenvalue weighted by Gasteiger charge is 2.44. The van der Waals surface area contributed by atoms with Crippen LogP contribution in [-0.2, 0) is 36.0 Å². The number of benzene rings is 3. The topological polar surface area (TPSA) is 107 Å². The van der Waals surface area contributed by atoms with Gasteiger partial charge >= 0.3 is 0 Å². The summed E-state index contributed by atoms with van der Waals surface area (Å²) in [7, 11) is -2.14. The van der Waals surface area contributed by atoms with Crippen LogP contribution in [0.2, 0.25) is 5.02 Å². The van der Waals surface area contributed by atoms with Gasteiger partial charge in [0.1, 0.15) is 11.4 Å². The van der Waals surface area contributed by atoms with Crippen molar-refractivity contribution in [2.24, 2.45) is 16.2 Å². The lowest BCUT2D eigenvalue weighted by atomic mass is 9.68. The molecule has 3 aromatic carbocycles. The normalized spacial score (nSPS) is 29.3. The van der Waals surface area contributed by atoms with Crippen LogP contribution in [-0.4, -0.2) is 61.1 Å². The van der Waals surface area contributed by atoms with E-state index in [0.29, 0.717) is 24.8 Å². The van der Waals surface area contributed by atoms with Gasteiger partial charge in [-0.05, 0) is 124 Å². The average molecular weight is 797 g/mol. The van der Waals surface area contributed by atoms with E-state index in [9.17, 15) is 9.59 Å². The molecule has 0 saturated heterocycles. The Hall–Kier alpha value is -3.22. The van der Waals surface area contributed by atoms with Crippen LogP contribution in [0.25, 0.3) is 0 Å². The van der Waals surface area contributed by atoms with E-state index in [4.69, 9.17) is 25.8 Å². The minimum atomic E-state index is -3.87. The molecule has 1 spiro atoms. The van der Waals surface area contributed by atoms with Crippen LogP contribution in [0.15, 0.2) is 86.5 Å². The Morgan fingerprint density at radius 3 is 2.67 bits per heavy atom. The van der Waals surface area contributed by atoms with Crippen LogP contribution in [0.1, 0.15) is 61.0 Å². The summed E-state index contributed by atoms with van der Waals surface area (Å²) >= 11 is 9.86. The predicted octanol–water partition coefficient (Wildman–Crippen LogP) is 7.68. The summed E-state index contributed by atoms with van der Waals surface area (Å²) in [4.78, 5) is 30.0. The van der Waals surface area contributed by atoms with Gasteiger partial charge in [0.05, 0.1) is 29.9 Å². The molecule has 1 fully saturated rings. The van der Waals surface area contributed by atoms with Gasteiger partial charge < -0.3 is 19.1 Å². The summed E-state index contributed by atoms with van der Waals surface area (Å²) in [5, 5.41) is 0.723. The number of halogens is 2. The molecule has 2 bridgehead atoms. The minimum absolute atomic E-state index is 0.114. The SMILES string of the molecule is CO[C@H]1/C=C/COC(C)(C)C(=O)N=S(=O)(NC(=O)c2ccc(Br)cc2)c2ccc3c(c2)N(C[C@@H]2CC[C@H]21)C[C@@]1(CCCc2cc(Cl)ccc21)CO3. The van der Waals surface area contributed by atoms with Gasteiger partial charge in [-0.2, -0.15) is 0 Å². The van der Waals surface area contributed by atoms with Gasteiger partial charge in [-0.1, -0.05) is 45.7 Å². The second kappa shape index (κ2) is 14.3. The van der Waals surface area contributed by atoms with Crippen LogP contribution in [0.3, 0.4) is 0 Å². The summed E-state index contributed by atoms with van der Waals surface area (Å²) in [6, 6.07) is 18.1. The Labute approximate surface area is 313 Å². The van der Waals surface area contributed by atoms with Gasteiger partial charge in [-0.25, -0.2) is 4.21 Å². The maximum absolute atomic E-state index is 15.1. The summed E-state index contributed by atoms with van der Waals surface area (Å²) in [5.74, 6) is -0.138. The third kappa shape index (κ3) is 7.25. The number of carbonyl (C=O) groups is 2. The number of hydrogen-bond acceptors (Lipinski definition) is 7. The molecule has 9 nitrogen and oxygen atoms in total. The Kier molecular flexibility index (Phi) is 10.1. The van der Waals surface area contributed by atoms with Gasteiger partial charge in [0.2, 0.25) is 0 Å². The largest absolute Gasteiger partial charge is 0.490 e. The third-order valence-corrected chi connectivity index (χ3v) is 13.4. The number of amides is 2. The van der Waals surface area contributed by atoms with E-state index < -0.39 is 27.3 Å². The third-order valence-electron chi connectivity index (χ3n) is 10.9. The van der Waals surface area contributed by atoms with E-state index in [2.05, 4.69) is 42.0 Å². The summed E-state index contributed by atoms with van der Waals surface area (Å²) in [6.07, 6.45) is 8.74. The first kappa shape index (κ1) is 36.2. The molecule has 1 unspecified atom stereocenters. The number of rotatable bonds is 3. The van der Waals surface area contributed by atoms with Crippen molar-refractivity contribution in [3.8, 4) is 5.75 Å². The molecule has 0 aromatic heterocycles. The zero-order valence-corrected chi connectivity index (χ0v) is 32.2. The van der Waals surface area contributed by atoms with Gasteiger partial charge in [-0.15, -0.1) is 4.36 Å². The number of nitrogens with one attached hydrogen (secondary N) is 1. The van der Waals surface area contributed by atoms with Crippen molar-refractivity contribution in [1.29, 1.82) is 0 Å². The molecule has 5 atom stereocenters. The fourth-order valence-electron chi connectivity index (χ4n) is 7.85. The molecule has 1 saturated carbocycles. The molecule has 0 radical (unpaired) electrons. The van der Waals surface area contributed by atoms with E-state index >= 15 is 4.21 Å². The summed E-state index contributed by atoms with van der Waals surface area (Å²) < 4.78 is 41.4. The van der Waals surface area contributed by atoms with Crippen molar-refractivity contribution in [3.05, 3.63) is 99.0 Å². The molecular formula is C39H43BrClN3O6S. The van der Waals surface area contributed by atoms with E-state index in [0.717, 1.165) is 53.8 Å². The number of ether oxygens (including phenoxy) is 3. The van der Waals surface area contributed by atoms with Crippen molar-refractivity contribution in [2.45, 2.75) is 68.0 Å². The fourth-order valence-corrected chi connectivity index (χ4v) is 9.93. The molecule has 12 heteroatoms. The van der Waals surface area contributed by atoms with E-state index in [1.165, 1.54) is 11.1 Å². The Morgan fingerprint density at radius 1 is 1.12 bits per heavy atom. The number of nitrogens with zero attached hydrogens (tertiary/aromatic N) is 2. The number of anilines is 1. The highest BCUT2D eigenvalue weighted by Crippen LogP contribution is 2.47. The summed E-state index contributed by atoms with van der Waals surface area (Å²) in [6.45, 7) is 5.15. The zero-order chi connectivity index (χ0) is 36.0. The predicted molar refractivity (Wildman–Crippen MR) is 202 cm³/mol. The van der Waals surface area contributed by atoms with E-state index in [1.54, 1.807) is 63.4 Å². The van der Waals surface area contributed by atoms with E-state index in [1.807, 2.05) is 18.2 Å². The Bertz CT molecular complexity index is 1990. The number of fused-ring (bicyclic) bond motifs is 4. The molecule has 2 amide bonds. The number of carbonyl (C=O) groups excluding carboxylic acids is 2. The maximum Gasteiger partial charge on any atom is 0.287 e. The van der Waals surface area contributed by atoms with Crippen LogP contribution >= 0.6 is 27.5 Å². The van der Waals surface area contributed by atoms with E-state index in [-0.39, 0.29) is 34.5 Å². The minimum Gasteiger partial charge on any atom is -0.490 e. The molecule has 4 aliphatic rings. The lowest BCUT2D eigenvalue weighted by molar-refractivity contribution is -0.137. The maximum atomic E-state index is 15.1. The zero-order valence-electron chi connectivity index (χ0n) is 29.0. The van der Waals surface area contributed by atoms with Crippen LogP contribution in [0.5, 0.6) is 5.75 Å². The van der Waals surface area contributed by atoms with Crippen molar-refractivity contribution in [3.63, 3.8) is 0 Å². The van der Waals surface area contributed by atoms with Gasteiger partial charge in [0.15, 0.2) is 9.92 Å². The Balaban J connectivity index is 1.37. The van der Waals surface area contributed by atoms with Crippen LogP contribution in [0, 0.1) is 11.8 Å². The molecule has 51 heavy (non-hydrogen) atoms. The van der Waals surface area contributed by atoms with Gasteiger partial charge in [-0.3, -0.25) is 14.3 Å².